The van der Waals surface area contributed by atoms with Gasteiger partial charge in [0.15, 0.2) is 11.0 Å². The number of hydrogen-bond acceptors (Lipinski definition) is 5. The van der Waals surface area contributed by atoms with Crippen molar-refractivity contribution in [2.45, 2.75) is 57.7 Å². The minimum absolute atomic E-state index is 0.0106. The van der Waals surface area contributed by atoms with Gasteiger partial charge in [-0.15, -0.1) is 10.2 Å². The van der Waals surface area contributed by atoms with Crippen LogP contribution in [-0.4, -0.2) is 67.8 Å². The lowest BCUT2D eigenvalue weighted by molar-refractivity contribution is -0.133. The van der Waals surface area contributed by atoms with Gasteiger partial charge in [0.1, 0.15) is 0 Å². The second-order valence-corrected chi connectivity index (χ2v) is 11.9. The fourth-order valence-electron chi connectivity index (χ4n) is 5.30. The van der Waals surface area contributed by atoms with Gasteiger partial charge in [0.2, 0.25) is 5.91 Å². The second kappa shape index (κ2) is 13.8. The summed E-state index contributed by atoms with van der Waals surface area (Å²) in [5.41, 5.74) is 5.19. The minimum Gasteiger partial charge on any atom is -0.339 e. The van der Waals surface area contributed by atoms with Gasteiger partial charge >= 0.3 is 0 Å². The Morgan fingerprint density at radius 3 is 2.33 bits per heavy atom. The number of amides is 2. The van der Waals surface area contributed by atoms with Gasteiger partial charge in [0, 0.05) is 54.7 Å². The van der Waals surface area contributed by atoms with Crippen LogP contribution in [0.4, 0.5) is 0 Å². The maximum atomic E-state index is 13.1. The molecule has 1 aliphatic rings. The van der Waals surface area contributed by atoms with Gasteiger partial charge in [0.05, 0.1) is 0 Å². The molecule has 1 saturated heterocycles. The lowest BCUT2D eigenvalue weighted by Gasteiger charge is -2.40. The van der Waals surface area contributed by atoms with E-state index in [1.807, 2.05) is 59.2 Å². The lowest BCUT2D eigenvalue weighted by atomic mass is 10.1. The molecule has 0 spiro atoms. The summed E-state index contributed by atoms with van der Waals surface area (Å²) in [6.07, 6.45) is 3.18. The van der Waals surface area contributed by atoms with E-state index in [1.165, 1.54) is 11.1 Å². The van der Waals surface area contributed by atoms with Crippen molar-refractivity contribution in [2.24, 2.45) is 0 Å². The van der Waals surface area contributed by atoms with E-state index < -0.39 is 0 Å². The molecule has 8 heteroatoms. The molecule has 2 heterocycles. The number of benzene rings is 3. The number of piperazine rings is 1. The Morgan fingerprint density at radius 1 is 0.905 bits per heavy atom. The molecule has 1 atom stereocenters. The van der Waals surface area contributed by atoms with Gasteiger partial charge in [-0.25, -0.2) is 0 Å². The Labute approximate surface area is 252 Å². The van der Waals surface area contributed by atoms with Crippen LogP contribution in [0.2, 0.25) is 0 Å². The summed E-state index contributed by atoms with van der Waals surface area (Å²) in [5.74, 6) is 1.88. The molecule has 0 N–H and O–H groups in total. The number of carbonyl (C=O) groups is 2. The van der Waals surface area contributed by atoms with E-state index in [9.17, 15) is 9.59 Å². The van der Waals surface area contributed by atoms with E-state index in [-0.39, 0.29) is 17.9 Å². The third kappa shape index (κ3) is 6.93. The van der Waals surface area contributed by atoms with E-state index in [1.54, 1.807) is 11.8 Å². The summed E-state index contributed by atoms with van der Waals surface area (Å²) >= 11 is 1.67. The number of carbonyl (C=O) groups excluding carboxylic acids is 2. The normalized spacial score (nSPS) is 15.2. The van der Waals surface area contributed by atoms with Crippen molar-refractivity contribution in [1.29, 1.82) is 0 Å². The highest BCUT2D eigenvalue weighted by Gasteiger charge is 2.30. The zero-order valence-corrected chi connectivity index (χ0v) is 25.5. The largest absolute Gasteiger partial charge is 0.339 e. The van der Waals surface area contributed by atoms with Crippen molar-refractivity contribution < 1.29 is 9.59 Å². The van der Waals surface area contributed by atoms with Crippen LogP contribution in [0.25, 0.3) is 17.1 Å². The Balaban J connectivity index is 1.12. The van der Waals surface area contributed by atoms with Crippen molar-refractivity contribution in [3.8, 4) is 17.1 Å². The van der Waals surface area contributed by atoms with E-state index in [0.717, 1.165) is 47.2 Å². The summed E-state index contributed by atoms with van der Waals surface area (Å²) in [6, 6.07) is 26.4. The molecule has 0 radical (unpaired) electrons. The highest BCUT2D eigenvalue weighted by Crippen LogP contribution is 2.29. The monoisotopic (exact) mass is 581 g/mol. The smallest absolute Gasteiger partial charge is 0.254 e. The van der Waals surface area contributed by atoms with Crippen LogP contribution in [0.1, 0.15) is 54.6 Å². The molecule has 1 fully saturated rings. The van der Waals surface area contributed by atoms with Crippen LogP contribution in [-0.2, 0) is 11.2 Å². The third-order valence-corrected chi connectivity index (χ3v) is 8.84. The topological polar surface area (TPSA) is 71.3 Å². The predicted molar refractivity (Wildman–Crippen MR) is 169 cm³/mol. The van der Waals surface area contributed by atoms with Crippen molar-refractivity contribution >= 4 is 23.6 Å². The number of aryl methyl sites for hydroxylation is 2. The van der Waals surface area contributed by atoms with Crippen LogP contribution in [0, 0.1) is 6.92 Å². The highest BCUT2D eigenvalue weighted by molar-refractivity contribution is 7.99. The Morgan fingerprint density at radius 2 is 1.64 bits per heavy atom. The van der Waals surface area contributed by atoms with Gasteiger partial charge in [-0.2, -0.15) is 0 Å². The van der Waals surface area contributed by atoms with E-state index in [0.29, 0.717) is 31.6 Å². The van der Waals surface area contributed by atoms with Crippen LogP contribution in [0.3, 0.4) is 0 Å². The number of thioether (sulfide) groups is 1. The first kappa shape index (κ1) is 29.6. The maximum absolute atomic E-state index is 13.1. The van der Waals surface area contributed by atoms with Crippen molar-refractivity contribution in [2.75, 3.05) is 25.4 Å². The SMILES string of the molecule is CCc1ccc(C(=O)N2CCN(C(=O)CCCCSc3nnc(-c4ccccc4)n3-c3ccc(C)cc3)CC2C)cc1. The average Bonchev–Trinajstić information content (AvgIpc) is 3.45. The van der Waals surface area contributed by atoms with Crippen LogP contribution >= 0.6 is 11.8 Å². The van der Waals surface area contributed by atoms with Gasteiger partial charge in [0.25, 0.3) is 5.91 Å². The molecule has 3 aromatic carbocycles. The molecule has 218 valence electrons. The molecular formula is C34H39N5O2S. The summed E-state index contributed by atoms with van der Waals surface area (Å²) in [7, 11) is 0. The van der Waals surface area contributed by atoms with Crippen LogP contribution in [0.5, 0.6) is 0 Å². The molecule has 1 unspecified atom stereocenters. The molecule has 5 rings (SSSR count). The minimum atomic E-state index is -0.0106. The Kier molecular flexibility index (Phi) is 9.74. The molecule has 0 saturated carbocycles. The number of unbranched alkanes of at least 4 members (excludes halogenated alkanes) is 1. The predicted octanol–water partition coefficient (Wildman–Crippen LogP) is 6.44. The fourth-order valence-corrected chi connectivity index (χ4v) is 6.25. The van der Waals surface area contributed by atoms with E-state index in [4.69, 9.17) is 0 Å². The van der Waals surface area contributed by atoms with Gasteiger partial charge < -0.3 is 9.80 Å². The number of hydrogen-bond donors (Lipinski definition) is 0. The zero-order valence-electron chi connectivity index (χ0n) is 24.7. The summed E-state index contributed by atoms with van der Waals surface area (Å²) in [4.78, 5) is 29.9. The Bertz CT molecular complexity index is 1480. The molecule has 7 nitrogen and oxygen atoms in total. The molecule has 42 heavy (non-hydrogen) atoms. The summed E-state index contributed by atoms with van der Waals surface area (Å²) < 4.78 is 2.12. The van der Waals surface area contributed by atoms with Crippen molar-refractivity contribution in [1.82, 2.24) is 24.6 Å². The molecule has 0 bridgehead atoms. The molecule has 2 amide bonds. The van der Waals surface area contributed by atoms with E-state index in [2.05, 4.69) is 65.0 Å². The van der Waals surface area contributed by atoms with Crippen LogP contribution < -0.4 is 0 Å². The van der Waals surface area contributed by atoms with E-state index >= 15 is 0 Å². The third-order valence-electron chi connectivity index (χ3n) is 7.82. The first-order valence-electron chi connectivity index (χ1n) is 14.8. The second-order valence-electron chi connectivity index (χ2n) is 10.9. The van der Waals surface area contributed by atoms with Crippen LogP contribution in [0.15, 0.2) is 84.0 Å². The number of aromatic nitrogens is 3. The van der Waals surface area contributed by atoms with Crippen molar-refractivity contribution in [3.05, 3.63) is 95.6 Å². The average molecular weight is 582 g/mol. The number of nitrogens with zero attached hydrogens (tertiary/aromatic N) is 5. The lowest BCUT2D eigenvalue weighted by Crippen LogP contribution is -2.55. The molecule has 1 aliphatic heterocycles. The van der Waals surface area contributed by atoms with Gasteiger partial charge in [-0.05, 0) is 62.9 Å². The quantitative estimate of drug-likeness (QED) is 0.159. The molecule has 4 aromatic rings. The van der Waals surface area contributed by atoms with Crippen molar-refractivity contribution in [3.63, 3.8) is 0 Å². The molecule has 1 aromatic heterocycles. The van der Waals surface area contributed by atoms with Gasteiger partial charge in [-0.1, -0.05) is 78.8 Å². The highest BCUT2D eigenvalue weighted by atomic mass is 32.2. The zero-order chi connectivity index (χ0) is 29.5. The summed E-state index contributed by atoms with van der Waals surface area (Å²) in [5, 5.41) is 9.91. The maximum Gasteiger partial charge on any atom is 0.254 e. The Hall–Kier alpha value is -3.91. The first-order chi connectivity index (χ1) is 20.4. The van der Waals surface area contributed by atoms with Gasteiger partial charge in [-0.3, -0.25) is 14.2 Å². The fraction of sp³-hybridized carbons (Fsp3) is 0.353. The molecule has 0 aliphatic carbocycles. The standard InChI is InChI=1S/C34H39N5O2S/c1-4-27-15-17-29(18-16-27)33(41)38-22-21-37(24-26(38)3)31(40)12-8-9-23-42-34-36-35-32(28-10-6-5-7-11-28)39(34)30-19-13-25(2)14-20-30/h5-7,10-11,13-20,26H,4,8-9,12,21-24H2,1-3H3. The first-order valence-corrected chi connectivity index (χ1v) is 15.8. The summed E-state index contributed by atoms with van der Waals surface area (Å²) in [6.45, 7) is 7.94. The number of rotatable bonds is 10. The molecular weight excluding hydrogens is 542 g/mol.